The van der Waals surface area contributed by atoms with Gasteiger partial charge >= 0.3 is 0 Å². The van der Waals surface area contributed by atoms with Crippen LogP contribution in [-0.4, -0.2) is 0 Å². The summed E-state index contributed by atoms with van der Waals surface area (Å²) in [6, 6.07) is 0. The van der Waals surface area contributed by atoms with Gasteiger partial charge in [-0.2, -0.15) is 0 Å². The molecule has 0 nitrogen and oxygen atoms in total. The minimum atomic E-state index is 0.705. The van der Waals surface area contributed by atoms with Crippen LogP contribution in [0.25, 0.3) is 0 Å². The van der Waals surface area contributed by atoms with Crippen LogP contribution in [0.4, 0.5) is 0 Å². The zero-order valence-corrected chi connectivity index (χ0v) is 9.92. The summed E-state index contributed by atoms with van der Waals surface area (Å²) in [6.07, 6.45) is 7.67. The molecular weight excluding hydrogens is 168 g/mol. The van der Waals surface area contributed by atoms with Crippen molar-refractivity contribution < 1.29 is 0 Å². The van der Waals surface area contributed by atoms with Gasteiger partial charge in [-0.05, 0) is 54.3 Å². The summed E-state index contributed by atoms with van der Waals surface area (Å²) in [5.41, 5.74) is 0.705. The molecule has 0 saturated heterocycles. The molecule has 0 heteroatoms. The molecule has 2 bridgehead atoms. The number of rotatable bonds is 1. The van der Waals surface area contributed by atoms with Crippen LogP contribution < -0.4 is 0 Å². The fourth-order valence-corrected chi connectivity index (χ4v) is 5.44. The largest absolute Gasteiger partial charge is 0.0648 e. The smallest absolute Gasteiger partial charge is 0.0269 e. The van der Waals surface area contributed by atoms with E-state index in [1.165, 1.54) is 12.8 Å². The maximum atomic E-state index is 2.58. The summed E-state index contributed by atoms with van der Waals surface area (Å²) in [7, 11) is 0. The molecule has 3 fully saturated rings. The minimum absolute atomic E-state index is 0.705. The molecule has 0 spiro atoms. The van der Waals surface area contributed by atoms with Gasteiger partial charge in [-0.3, -0.25) is 0 Å². The summed E-state index contributed by atoms with van der Waals surface area (Å²) in [5.74, 6) is 5.50. The second kappa shape index (κ2) is 2.77. The van der Waals surface area contributed by atoms with Gasteiger partial charge in [-0.25, -0.2) is 0 Å². The van der Waals surface area contributed by atoms with E-state index in [-0.39, 0.29) is 0 Å². The van der Waals surface area contributed by atoms with Crippen LogP contribution in [0, 0.1) is 35.0 Å². The van der Waals surface area contributed by atoms with Gasteiger partial charge in [-0.15, -0.1) is 0 Å². The van der Waals surface area contributed by atoms with E-state index in [2.05, 4.69) is 20.8 Å². The Balaban J connectivity index is 1.95. The molecule has 0 N–H and O–H groups in total. The van der Waals surface area contributed by atoms with Crippen molar-refractivity contribution in [2.75, 3.05) is 0 Å². The van der Waals surface area contributed by atoms with Gasteiger partial charge in [0.15, 0.2) is 0 Å². The topological polar surface area (TPSA) is 0 Å². The average Bonchev–Trinajstić information content (AvgIpc) is 2.79. The highest BCUT2D eigenvalue weighted by Gasteiger charge is 2.61. The van der Waals surface area contributed by atoms with E-state index in [0.717, 1.165) is 29.6 Å². The van der Waals surface area contributed by atoms with Crippen molar-refractivity contribution >= 4 is 0 Å². The Morgan fingerprint density at radius 3 is 2.57 bits per heavy atom. The highest BCUT2D eigenvalue weighted by molar-refractivity contribution is 5.10. The standard InChI is InChI=1S/C14H24/c1-4-14(3)9(2)12-8-13(14)11-7-5-6-10(11)12/h9-13H,4-8H2,1-3H3. The zero-order valence-electron chi connectivity index (χ0n) is 9.92. The molecule has 80 valence electrons. The van der Waals surface area contributed by atoms with Crippen molar-refractivity contribution in [1.82, 2.24) is 0 Å². The summed E-state index contributed by atoms with van der Waals surface area (Å²) >= 11 is 0. The Bertz CT molecular complexity index is 244. The normalized spacial score (nSPS) is 60.6. The van der Waals surface area contributed by atoms with Crippen LogP contribution in [0.5, 0.6) is 0 Å². The Labute approximate surface area is 88.5 Å². The second-order valence-corrected chi connectivity index (χ2v) is 6.41. The van der Waals surface area contributed by atoms with Crippen LogP contribution >= 0.6 is 0 Å². The third-order valence-corrected chi connectivity index (χ3v) is 6.51. The Morgan fingerprint density at radius 1 is 1.14 bits per heavy atom. The van der Waals surface area contributed by atoms with Gasteiger partial charge in [-0.1, -0.05) is 33.6 Å². The van der Waals surface area contributed by atoms with Crippen LogP contribution in [0.2, 0.25) is 0 Å². The Morgan fingerprint density at radius 2 is 1.86 bits per heavy atom. The molecular formula is C14H24. The van der Waals surface area contributed by atoms with Crippen LogP contribution in [0.3, 0.4) is 0 Å². The SMILES string of the molecule is CCC1(C)C(C)C2CC1C1CCCC21. The summed E-state index contributed by atoms with van der Waals surface area (Å²) < 4.78 is 0. The monoisotopic (exact) mass is 192 g/mol. The molecule has 0 amide bonds. The minimum Gasteiger partial charge on any atom is -0.0648 e. The lowest BCUT2D eigenvalue weighted by molar-refractivity contribution is 0.0368. The van der Waals surface area contributed by atoms with E-state index in [1.54, 1.807) is 19.3 Å². The summed E-state index contributed by atoms with van der Waals surface area (Å²) in [4.78, 5) is 0. The van der Waals surface area contributed by atoms with Crippen LogP contribution in [0.15, 0.2) is 0 Å². The van der Waals surface area contributed by atoms with Gasteiger partial charge in [0.25, 0.3) is 0 Å². The molecule has 0 heterocycles. The molecule has 3 saturated carbocycles. The van der Waals surface area contributed by atoms with Crippen LogP contribution in [-0.2, 0) is 0 Å². The van der Waals surface area contributed by atoms with Crippen molar-refractivity contribution in [3.8, 4) is 0 Å². The van der Waals surface area contributed by atoms with Crippen molar-refractivity contribution in [2.24, 2.45) is 35.0 Å². The predicted octanol–water partition coefficient (Wildman–Crippen LogP) is 4.10. The van der Waals surface area contributed by atoms with E-state index in [1.807, 2.05) is 0 Å². The van der Waals surface area contributed by atoms with Gasteiger partial charge in [0.1, 0.15) is 0 Å². The fourth-order valence-electron chi connectivity index (χ4n) is 5.44. The van der Waals surface area contributed by atoms with Gasteiger partial charge in [0, 0.05) is 0 Å². The van der Waals surface area contributed by atoms with Crippen molar-refractivity contribution in [1.29, 1.82) is 0 Å². The Kier molecular flexibility index (Phi) is 1.83. The molecule has 0 aromatic rings. The lowest BCUT2D eigenvalue weighted by Gasteiger charge is -2.44. The molecule has 3 rings (SSSR count). The maximum Gasteiger partial charge on any atom is -0.0269 e. The molecule has 0 radical (unpaired) electrons. The average molecular weight is 192 g/mol. The van der Waals surface area contributed by atoms with Gasteiger partial charge in [0.05, 0.1) is 0 Å². The number of hydrogen-bond donors (Lipinski definition) is 0. The fraction of sp³-hybridized carbons (Fsp3) is 1.00. The van der Waals surface area contributed by atoms with E-state index >= 15 is 0 Å². The first-order chi connectivity index (χ1) is 6.68. The van der Waals surface area contributed by atoms with Crippen molar-refractivity contribution in [3.05, 3.63) is 0 Å². The lowest BCUT2D eigenvalue weighted by Crippen LogP contribution is -2.38. The Hall–Kier alpha value is 0. The van der Waals surface area contributed by atoms with E-state index in [9.17, 15) is 0 Å². The number of fused-ring (bicyclic) bond motifs is 5. The molecule has 0 aromatic carbocycles. The third kappa shape index (κ3) is 0.864. The quantitative estimate of drug-likeness (QED) is 0.586. The molecule has 6 atom stereocenters. The lowest BCUT2D eigenvalue weighted by atomic mass is 9.60. The first-order valence-corrected chi connectivity index (χ1v) is 6.68. The van der Waals surface area contributed by atoms with Crippen molar-refractivity contribution in [2.45, 2.75) is 52.9 Å². The molecule has 14 heavy (non-hydrogen) atoms. The molecule has 0 aliphatic heterocycles. The highest BCUT2D eigenvalue weighted by Crippen LogP contribution is 2.68. The summed E-state index contributed by atoms with van der Waals surface area (Å²) in [5, 5.41) is 0. The van der Waals surface area contributed by atoms with Crippen molar-refractivity contribution in [3.63, 3.8) is 0 Å². The predicted molar refractivity (Wildman–Crippen MR) is 60.0 cm³/mol. The molecule has 3 aliphatic rings. The zero-order chi connectivity index (χ0) is 9.92. The first kappa shape index (κ1) is 9.24. The van der Waals surface area contributed by atoms with Gasteiger partial charge in [0.2, 0.25) is 0 Å². The molecule has 3 aliphatic carbocycles. The molecule has 6 unspecified atom stereocenters. The maximum absolute atomic E-state index is 2.58. The van der Waals surface area contributed by atoms with E-state index in [0.29, 0.717) is 5.41 Å². The van der Waals surface area contributed by atoms with E-state index < -0.39 is 0 Å². The summed E-state index contributed by atoms with van der Waals surface area (Å²) in [6.45, 7) is 7.54. The van der Waals surface area contributed by atoms with Gasteiger partial charge < -0.3 is 0 Å². The van der Waals surface area contributed by atoms with E-state index in [4.69, 9.17) is 0 Å². The van der Waals surface area contributed by atoms with Crippen LogP contribution in [0.1, 0.15) is 52.9 Å². The third-order valence-electron chi connectivity index (χ3n) is 6.51. The first-order valence-electron chi connectivity index (χ1n) is 6.68. The number of hydrogen-bond acceptors (Lipinski definition) is 0. The second-order valence-electron chi connectivity index (χ2n) is 6.41. The highest BCUT2D eigenvalue weighted by atomic mass is 14.7. The molecule has 0 aromatic heterocycles.